The second kappa shape index (κ2) is 8.21. The Labute approximate surface area is 144 Å². The van der Waals surface area contributed by atoms with Gasteiger partial charge in [0.2, 0.25) is 0 Å². The first-order chi connectivity index (χ1) is 11.6. The molecule has 0 unspecified atom stereocenters. The van der Waals surface area contributed by atoms with Crippen LogP contribution in [0.4, 0.5) is 0 Å². The van der Waals surface area contributed by atoms with Gasteiger partial charge in [-0.3, -0.25) is 4.79 Å². The van der Waals surface area contributed by atoms with Crippen LogP contribution < -0.4 is 14.9 Å². The number of amides is 1. The lowest BCUT2D eigenvalue weighted by Gasteiger charge is -2.11. The van der Waals surface area contributed by atoms with Crippen molar-refractivity contribution in [1.29, 1.82) is 0 Å². The molecule has 0 heterocycles. The van der Waals surface area contributed by atoms with Crippen molar-refractivity contribution in [2.75, 3.05) is 13.7 Å². The number of hydrogen-bond donors (Lipinski definition) is 2. The smallest absolute Gasteiger partial charge is 0.275 e. The molecule has 0 aliphatic rings. The van der Waals surface area contributed by atoms with Gasteiger partial charge in [-0.2, -0.15) is 5.10 Å². The molecule has 2 rings (SSSR count). The molecule has 1 amide bonds. The van der Waals surface area contributed by atoms with Gasteiger partial charge >= 0.3 is 0 Å². The van der Waals surface area contributed by atoms with Crippen LogP contribution in [0, 0.1) is 0 Å². The number of nitrogens with zero attached hydrogens (tertiary/aromatic N) is 1. The van der Waals surface area contributed by atoms with Gasteiger partial charge in [-0.15, -0.1) is 0 Å². The minimum Gasteiger partial charge on any atom is -0.507 e. The highest BCUT2D eigenvalue weighted by Gasteiger charge is 2.11. The Kier molecular flexibility index (Phi) is 6.03. The predicted molar refractivity (Wildman–Crippen MR) is 92.3 cm³/mol. The number of carbonyl (C=O) groups is 1. The third-order valence-electron chi connectivity index (χ3n) is 3.07. The predicted octanol–water partition coefficient (Wildman–Crippen LogP) is 3.22. The average molecular weight is 349 g/mol. The van der Waals surface area contributed by atoms with Crippen molar-refractivity contribution in [2.45, 2.75) is 6.92 Å². The maximum atomic E-state index is 11.9. The molecule has 0 radical (unpaired) electrons. The molecule has 126 valence electrons. The van der Waals surface area contributed by atoms with Gasteiger partial charge < -0.3 is 14.6 Å². The first kappa shape index (κ1) is 17.6. The first-order valence-electron chi connectivity index (χ1n) is 7.18. The lowest BCUT2D eigenvalue weighted by Crippen LogP contribution is -2.17. The number of para-hydroxylation sites is 1. The molecule has 0 bridgehead atoms. The van der Waals surface area contributed by atoms with Gasteiger partial charge in [-0.1, -0.05) is 23.7 Å². The number of rotatable bonds is 6. The van der Waals surface area contributed by atoms with Gasteiger partial charge in [-0.05, 0) is 36.8 Å². The van der Waals surface area contributed by atoms with E-state index in [1.807, 2.05) is 6.92 Å². The average Bonchev–Trinajstić information content (AvgIpc) is 2.57. The van der Waals surface area contributed by atoms with Crippen LogP contribution in [0.5, 0.6) is 17.2 Å². The summed E-state index contributed by atoms with van der Waals surface area (Å²) >= 11 is 6.16. The maximum absolute atomic E-state index is 11.9. The van der Waals surface area contributed by atoms with Crippen LogP contribution in [0.15, 0.2) is 41.5 Å². The number of phenolic OH excluding ortho intramolecular Hbond substituents is 1. The summed E-state index contributed by atoms with van der Waals surface area (Å²) in [5, 5.41) is 13.9. The quantitative estimate of drug-likeness (QED) is 0.620. The van der Waals surface area contributed by atoms with E-state index >= 15 is 0 Å². The van der Waals surface area contributed by atoms with Crippen LogP contribution in [-0.2, 0) is 0 Å². The third kappa shape index (κ3) is 4.17. The van der Waals surface area contributed by atoms with E-state index in [1.165, 1.54) is 25.5 Å². The zero-order valence-electron chi connectivity index (χ0n) is 13.2. The molecule has 2 N–H and O–H groups in total. The molecule has 0 saturated heterocycles. The van der Waals surface area contributed by atoms with Gasteiger partial charge in [-0.25, -0.2) is 5.43 Å². The van der Waals surface area contributed by atoms with E-state index in [1.54, 1.807) is 24.3 Å². The summed E-state index contributed by atoms with van der Waals surface area (Å²) in [5.41, 5.74) is 3.10. The summed E-state index contributed by atoms with van der Waals surface area (Å²) in [6.07, 6.45) is 1.42. The van der Waals surface area contributed by atoms with Crippen molar-refractivity contribution in [3.8, 4) is 17.2 Å². The number of nitrogens with one attached hydrogen (secondary N) is 1. The van der Waals surface area contributed by atoms with E-state index in [0.29, 0.717) is 28.7 Å². The number of methoxy groups -OCH3 is 1. The van der Waals surface area contributed by atoms with Gasteiger partial charge in [0.1, 0.15) is 5.75 Å². The Morgan fingerprint density at radius 1 is 1.38 bits per heavy atom. The SMILES string of the molecule is CCOc1c(Cl)cc(/C=N/NC(=O)c2ccccc2O)cc1OC. The number of hydrogen-bond acceptors (Lipinski definition) is 5. The molecule has 7 heteroatoms. The Bertz CT molecular complexity index is 762. The lowest BCUT2D eigenvalue weighted by atomic mass is 10.2. The van der Waals surface area contributed by atoms with Crippen molar-refractivity contribution in [2.24, 2.45) is 5.10 Å². The van der Waals surface area contributed by atoms with Crippen LogP contribution in [0.25, 0.3) is 0 Å². The number of hydrazone groups is 1. The number of aromatic hydroxyl groups is 1. The summed E-state index contributed by atoms with van der Waals surface area (Å²) in [5.74, 6) is 0.291. The molecule has 2 aromatic rings. The van der Waals surface area contributed by atoms with Gasteiger partial charge in [0, 0.05) is 0 Å². The second-order valence-corrected chi connectivity index (χ2v) is 5.09. The summed E-state index contributed by atoms with van der Waals surface area (Å²) in [6, 6.07) is 9.53. The molecule has 2 aromatic carbocycles. The summed E-state index contributed by atoms with van der Waals surface area (Å²) in [7, 11) is 1.51. The molecule has 0 atom stereocenters. The van der Waals surface area contributed by atoms with Crippen LogP contribution >= 0.6 is 11.6 Å². The zero-order valence-corrected chi connectivity index (χ0v) is 14.0. The molecule has 6 nitrogen and oxygen atoms in total. The number of phenols is 1. The Balaban J connectivity index is 2.13. The minimum absolute atomic E-state index is 0.115. The normalized spacial score (nSPS) is 10.6. The fourth-order valence-corrected chi connectivity index (χ4v) is 2.26. The molecular formula is C17H17ClN2O4. The van der Waals surface area contributed by atoms with Gasteiger partial charge in [0.25, 0.3) is 5.91 Å². The molecular weight excluding hydrogens is 332 g/mol. The Morgan fingerprint density at radius 2 is 2.12 bits per heavy atom. The number of ether oxygens (including phenoxy) is 2. The standard InChI is InChI=1S/C17H17ClN2O4/c1-3-24-16-13(18)8-11(9-15(16)23-2)10-19-20-17(22)12-6-4-5-7-14(12)21/h4-10,21H,3H2,1-2H3,(H,20,22)/b19-10+. The van der Waals surface area contributed by atoms with E-state index < -0.39 is 5.91 Å². The van der Waals surface area contributed by atoms with E-state index in [2.05, 4.69) is 10.5 Å². The van der Waals surface area contributed by atoms with Crippen LogP contribution in [0.3, 0.4) is 0 Å². The first-order valence-corrected chi connectivity index (χ1v) is 7.56. The highest BCUT2D eigenvalue weighted by molar-refractivity contribution is 6.32. The molecule has 0 aliphatic carbocycles. The zero-order chi connectivity index (χ0) is 17.5. The Morgan fingerprint density at radius 3 is 2.79 bits per heavy atom. The molecule has 0 fully saturated rings. The van der Waals surface area contributed by atoms with E-state index in [0.717, 1.165) is 0 Å². The van der Waals surface area contributed by atoms with Crippen molar-refractivity contribution in [3.05, 3.63) is 52.5 Å². The fourth-order valence-electron chi connectivity index (χ4n) is 1.99. The Hall–Kier alpha value is -2.73. The number of benzene rings is 2. The maximum Gasteiger partial charge on any atom is 0.275 e. The van der Waals surface area contributed by atoms with Crippen molar-refractivity contribution < 1.29 is 19.4 Å². The third-order valence-corrected chi connectivity index (χ3v) is 3.35. The van der Waals surface area contributed by atoms with Crippen LogP contribution in [-0.4, -0.2) is 30.9 Å². The topological polar surface area (TPSA) is 80.2 Å². The molecule has 0 aromatic heterocycles. The number of carbonyl (C=O) groups excluding carboxylic acids is 1. The molecule has 0 spiro atoms. The highest BCUT2D eigenvalue weighted by Crippen LogP contribution is 2.35. The van der Waals surface area contributed by atoms with E-state index in [9.17, 15) is 9.90 Å². The van der Waals surface area contributed by atoms with Crippen molar-refractivity contribution in [1.82, 2.24) is 5.43 Å². The molecule has 24 heavy (non-hydrogen) atoms. The molecule has 0 saturated carbocycles. The van der Waals surface area contributed by atoms with E-state index in [-0.39, 0.29) is 11.3 Å². The van der Waals surface area contributed by atoms with Crippen LogP contribution in [0.1, 0.15) is 22.8 Å². The van der Waals surface area contributed by atoms with Gasteiger partial charge in [0.15, 0.2) is 11.5 Å². The second-order valence-electron chi connectivity index (χ2n) is 4.68. The van der Waals surface area contributed by atoms with Crippen LogP contribution in [0.2, 0.25) is 5.02 Å². The fraction of sp³-hybridized carbons (Fsp3) is 0.176. The lowest BCUT2D eigenvalue weighted by molar-refractivity contribution is 0.0952. The van der Waals surface area contributed by atoms with Crippen molar-refractivity contribution >= 4 is 23.7 Å². The van der Waals surface area contributed by atoms with Crippen molar-refractivity contribution in [3.63, 3.8) is 0 Å². The summed E-state index contributed by atoms with van der Waals surface area (Å²) in [4.78, 5) is 11.9. The monoisotopic (exact) mass is 348 g/mol. The largest absolute Gasteiger partial charge is 0.507 e. The minimum atomic E-state index is -0.520. The summed E-state index contributed by atoms with van der Waals surface area (Å²) < 4.78 is 10.7. The number of halogens is 1. The summed E-state index contributed by atoms with van der Waals surface area (Å²) in [6.45, 7) is 2.31. The van der Waals surface area contributed by atoms with Gasteiger partial charge in [0.05, 0.1) is 30.5 Å². The van der Waals surface area contributed by atoms with E-state index in [4.69, 9.17) is 21.1 Å². The molecule has 0 aliphatic heterocycles. The highest BCUT2D eigenvalue weighted by atomic mass is 35.5.